The zero-order valence-electron chi connectivity index (χ0n) is 15.6. The lowest BCUT2D eigenvalue weighted by Crippen LogP contribution is -2.15. The first-order valence-corrected chi connectivity index (χ1v) is 9.13. The summed E-state index contributed by atoms with van der Waals surface area (Å²) in [5.74, 6) is -2.67. The molecule has 0 saturated heterocycles. The van der Waals surface area contributed by atoms with Crippen molar-refractivity contribution in [3.63, 3.8) is 0 Å². The normalized spacial score (nSPS) is 11.3. The van der Waals surface area contributed by atoms with Gasteiger partial charge in [-0.1, -0.05) is 11.6 Å². The molecule has 2 aromatic rings. The fourth-order valence-corrected chi connectivity index (χ4v) is 3.89. The Morgan fingerprint density at radius 2 is 1.90 bits per heavy atom. The lowest BCUT2D eigenvalue weighted by Gasteiger charge is -2.06. The van der Waals surface area contributed by atoms with Crippen LogP contribution in [0.15, 0.2) is 0 Å². The summed E-state index contributed by atoms with van der Waals surface area (Å²) in [5.41, 5.74) is -1.93. The Morgan fingerprint density at radius 1 is 1.28 bits per heavy atom. The summed E-state index contributed by atoms with van der Waals surface area (Å²) in [6.07, 6.45) is -4.83. The second-order valence-electron chi connectivity index (χ2n) is 5.56. The van der Waals surface area contributed by atoms with Gasteiger partial charge in [-0.15, -0.1) is 11.3 Å². The van der Waals surface area contributed by atoms with Crippen molar-refractivity contribution in [3.8, 4) is 0 Å². The molecule has 0 aliphatic carbocycles. The Bertz CT molecular complexity index is 984. The number of rotatable bonds is 5. The van der Waals surface area contributed by atoms with Gasteiger partial charge in [0.2, 0.25) is 0 Å². The molecule has 0 atom stereocenters. The Kier molecular flexibility index (Phi) is 6.58. The fraction of sp³-hybridized carbons (Fsp3) is 0.375. The van der Waals surface area contributed by atoms with Crippen molar-refractivity contribution in [1.82, 2.24) is 9.78 Å². The zero-order valence-corrected chi connectivity index (χ0v) is 17.1. The standard InChI is InChI=1S/C16H15ClF3N3O5S/c1-5-28-15(26)10-6(2)7(14(25)27-4)13(29-10)21-12(24)9-8(17)11(16(18,19)20)23(3)22-9/h5H2,1-4H3,(H,21,24). The number of alkyl halides is 3. The van der Waals surface area contributed by atoms with Gasteiger partial charge in [-0.3, -0.25) is 9.48 Å². The second kappa shape index (κ2) is 8.41. The lowest BCUT2D eigenvalue weighted by atomic mass is 10.1. The highest BCUT2D eigenvalue weighted by Gasteiger charge is 2.40. The molecule has 8 nitrogen and oxygen atoms in total. The number of nitrogens with one attached hydrogen (secondary N) is 1. The van der Waals surface area contributed by atoms with Crippen LogP contribution in [0.2, 0.25) is 5.02 Å². The quantitative estimate of drug-likeness (QED) is 0.693. The van der Waals surface area contributed by atoms with Gasteiger partial charge in [0.25, 0.3) is 5.91 Å². The molecule has 158 valence electrons. The summed E-state index contributed by atoms with van der Waals surface area (Å²) in [4.78, 5) is 36.7. The maximum Gasteiger partial charge on any atom is 0.434 e. The largest absolute Gasteiger partial charge is 0.465 e. The third-order valence-corrected chi connectivity index (χ3v) is 5.24. The van der Waals surface area contributed by atoms with Crippen LogP contribution in [0.1, 0.15) is 48.7 Å². The average molecular weight is 454 g/mol. The number of thiophene rings is 1. The van der Waals surface area contributed by atoms with E-state index in [1.54, 1.807) is 6.92 Å². The molecule has 0 aliphatic heterocycles. The number of esters is 2. The van der Waals surface area contributed by atoms with Crippen LogP contribution < -0.4 is 5.32 Å². The van der Waals surface area contributed by atoms with Crippen LogP contribution in [0.3, 0.4) is 0 Å². The van der Waals surface area contributed by atoms with Crippen molar-refractivity contribution in [2.24, 2.45) is 7.05 Å². The Morgan fingerprint density at radius 3 is 2.38 bits per heavy atom. The van der Waals surface area contributed by atoms with Crippen molar-refractivity contribution in [2.75, 3.05) is 19.0 Å². The lowest BCUT2D eigenvalue weighted by molar-refractivity contribution is -0.143. The third-order valence-electron chi connectivity index (χ3n) is 3.70. The van der Waals surface area contributed by atoms with Gasteiger partial charge in [-0.2, -0.15) is 18.3 Å². The molecule has 0 spiro atoms. The van der Waals surface area contributed by atoms with Gasteiger partial charge >= 0.3 is 18.1 Å². The highest BCUT2D eigenvalue weighted by Crippen LogP contribution is 2.38. The molecule has 0 aromatic carbocycles. The molecule has 29 heavy (non-hydrogen) atoms. The minimum atomic E-state index is -4.83. The molecule has 2 rings (SSSR count). The number of hydrogen-bond donors (Lipinski definition) is 1. The van der Waals surface area contributed by atoms with E-state index in [1.165, 1.54) is 6.92 Å². The molecule has 0 fully saturated rings. The van der Waals surface area contributed by atoms with Gasteiger partial charge in [0, 0.05) is 7.05 Å². The summed E-state index contributed by atoms with van der Waals surface area (Å²) in [6, 6.07) is 0. The summed E-state index contributed by atoms with van der Waals surface area (Å²) in [6.45, 7) is 3.11. The van der Waals surface area contributed by atoms with Crippen molar-refractivity contribution in [1.29, 1.82) is 0 Å². The van der Waals surface area contributed by atoms with E-state index in [9.17, 15) is 27.6 Å². The molecule has 0 bridgehead atoms. The van der Waals surface area contributed by atoms with E-state index in [0.29, 0.717) is 16.0 Å². The number of methoxy groups -OCH3 is 1. The summed E-state index contributed by atoms with van der Waals surface area (Å²) >= 11 is 6.42. The molecule has 1 amide bonds. The Labute approximate surface area is 171 Å². The smallest absolute Gasteiger partial charge is 0.434 e. The third kappa shape index (κ3) is 4.37. The van der Waals surface area contributed by atoms with Crippen LogP contribution in [0.4, 0.5) is 18.2 Å². The number of anilines is 1. The molecule has 13 heteroatoms. The van der Waals surface area contributed by atoms with Crippen LogP contribution >= 0.6 is 22.9 Å². The Hall–Kier alpha value is -2.60. The molecule has 0 unspecified atom stereocenters. The van der Waals surface area contributed by atoms with Gasteiger partial charge in [-0.05, 0) is 19.4 Å². The van der Waals surface area contributed by atoms with Gasteiger partial charge in [0.15, 0.2) is 11.4 Å². The number of ether oxygens (including phenoxy) is 2. The van der Waals surface area contributed by atoms with E-state index in [0.717, 1.165) is 14.2 Å². The minimum absolute atomic E-state index is 0.0330. The highest BCUT2D eigenvalue weighted by molar-refractivity contribution is 7.18. The summed E-state index contributed by atoms with van der Waals surface area (Å²) in [7, 11) is 2.08. The monoisotopic (exact) mass is 453 g/mol. The first-order chi connectivity index (χ1) is 13.4. The predicted octanol–water partition coefficient (Wildman–Crippen LogP) is 3.68. The maximum absolute atomic E-state index is 13.1. The van der Waals surface area contributed by atoms with Crippen molar-refractivity contribution in [2.45, 2.75) is 20.0 Å². The Balaban J connectivity index is 2.49. The predicted molar refractivity (Wildman–Crippen MR) is 97.5 cm³/mol. The molecule has 0 aliphatic rings. The number of halogens is 4. The first kappa shape index (κ1) is 22.7. The number of nitrogens with zero attached hydrogens (tertiary/aromatic N) is 2. The first-order valence-electron chi connectivity index (χ1n) is 7.93. The number of amides is 1. The molecule has 0 radical (unpaired) electrons. The minimum Gasteiger partial charge on any atom is -0.465 e. The van der Waals surface area contributed by atoms with Crippen LogP contribution in [0, 0.1) is 6.92 Å². The SMILES string of the molecule is CCOC(=O)c1sc(NC(=O)c2nn(C)c(C(F)(F)F)c2Cl)c(C(=O)OC)c1C. The van der Waals surface area contributed by atoms with Crippen LogP contribution in [0.5, 0.6) is 0 Å². The van der Waals surface area contributed by atoms with Crippen molar-refractivity contribution >= 4 is 45.8 Å². The number of aryl methyl sites for hydroxylation is 1. The van der Waals surface area contributed by atoms with Crippen molar-refractivity contribution < 1.29 is 37.0 Å². The maximum atomic E-state index is 13.1. The van der Waals surface area contributed by atoms with Crippen LogP contribution in [-0.4, -0.2) is 41.3 Å². The molecule has 0 saturated carbocycles. The van der Waals surface area contributed by atoms with E-state index in [4.69, 9.17) is 16.3 Å². The van der Waals surface area contributed by atoms with E-state index in [1.807, 2.05) is 0 Å². The molecular formula is C16H15ClF3N3O5S. The van der Waals surface area contributed by atoms with E-state index >= 15 is 0 Å². The van der Waals surface area contributed by atoms with Gasteiger partial charge in [-0.25, -0.2) is 9.59 Å². The topological polar surface area (TPSA) is 99.5 Å². The molecular weight excluding hydrogens is 439 g/mol. The summed E-state index contributed by atoms with van der Waals surface area (Å²) < 4.78 is 49.2. The van der Waals surface area contributed by atoms with Crippen LogP contribution in [0.25, 0.3) is 0 Å². The van der Waals surface area contributed by atoms with Gasteiger partial charge in [0.05, 0.1) is 19.3 Å². The van der Waals surface area contributed by atoms with Crippen molar-refractivity contribution in [3.05, 3.63) is 32.4 Å². The number of aromatic nitrogens is 2. The molecule has 2 heterocycles. The zero-order chi connectivity index (χ0) is 22.1. The number of carbonyl (C=O) groups excluding carboxylic acids is 3. The van der Waals surface area contributed by atoms with Gasteiger partial charge < -0.3 is 14.8 Å². The van der Waals surface area contributed by atoms with Crippen LogP contribution in [-0.2, 0) is 22.7 Å². The summed E-state index contributed by atoms with van der Waals surface area (Å²) in [5, 5.41) is 4.78. The number of carbonyl (C=O) groups is 3. The molecule has 1 N–H and O–H groups in total. The molecule has 2 aromatic heterocycles. The number of hydrogen-bond acceptors (Lipinski definition) is 7. The fourth-order valence-electron chi connectivity index (χ4n) is 2.45. The average Bonchev–Trinajstić information content (AvgIpc) is 3.10. The van der Waals surface area contributed by atoms with Gasteiger partial charge in [0.1, 0.15) is 14.9 Å². The van der Waals surface area contributed by atoms with E-state index < -0.39 is 40.4 Å². The van der Waals surface area contributed by atoms with E-state index in [2.05, 4.69) is 15.2 Å². The second-order valence-corrected chi connectivity index (χ2v) is 6.96. The van der Waals surface area contributed by atoms with E-state index in [-0.39, 0.29) is 27.6 Å². The highest BCUT2D eigenvalue weighted by atomic mass is 35.5.